The SMILES string of the molecule is CC(C)(C)OC(=O)N[C@H]1CC[C@H](CNC(=O)c2cc(C(F)(F)F)cc(C(F)(F)F)c2)CC1. The van der Waals surface area contributed by atoms with Crippen LogP contribution >= 0.6 is 0 Å². The van der Waals surface area contributed by atoms with Gasteiger partial charge in [-0.05, 0) is 70.6 Å². The predicted molar refractivity (Wildman–Crippen MR) is 104 cm³/mol. The molecule has 0 atom stereocenters. The number of benzene rings is 1. The lowest BCUT2D eigenvalue weighted by Crippen LogP contribution is -2.42. The minimum absolute atomic E-state index is 0.0106. The van der Waals surface area contributed by atoms with E-state index >= 15 is 0 Å². The molecule has 1 saturated carbocycles. The molecule has 0 saturated heterocycles. The highest BCUT2D eigenvalue weighted by molar-refractivity contribution is 5.94. The zero-order chi connectivity index (χ0) is 24.3. The van der Waals surface area contributed by atoms with Crippen LogP contribution in [0.4, 0.5) is 31.1 Å². The first-order valence-corrected chi connectivity index (χ1v) is 10.1. The van der Waals surface area contributed by atoms with Crippen molar-refractivity contribution in [1.82, 2.24) is 10.6 Å². The molecule has 1 aromatic carbocycles. The molecule has 0 spiro atoms. The van der Waals surface area contributed by atoms with E-state index in [4.69, 9.17) is 4.74 Å². The number of halogens is 6. The summed E-state index contributed by atoms with van der Waals surface area (Å²) in [5.74, 6) is -1.01. The Morgan fingerprint density at radius 1 is 0.906 bits per heavy atom. The standard InChI is InChI=1S/C21H26F6N2O3/c1-19(2,3)32-18(31)29-16-6-4-12(5-7-16)11-28-17(30)13-8-14(20(22,23)24)10-15(9-13)21(25,26)27/h8-10,12,16H,4-7,11H2,1-3H3,(H,28,30)(H,29,31)/t12-,16-. The molecule has 1 aliphatic rings. The molecule has 5 nitrogen and oxygen atoms in total. The van der Waals surface area contributed by atoms with E-state index in [9.17, 15) is 35.9 Å². The lowest BCUT2D eigenvalue weighted by Gasteiger charge is -2.30. The van der Waals surface area contributed by atoms with Crippen LogP contribution < -0.4 is 10.6 Å². The Kier molecular flexibility index (Phi) is 7.72. The number of rotatable bonds is 4. The third-order valence-electron chi connectivity index (χ3n) is 4.97. The molecule has 2 N–H and O–H groups in total. The van der Waals surface area contributed by atoms with E-state index in [1.807, 2.05) is 0 Å². The van der Waals surface area contributed by atoms with Gasteiger partial charge in [0, 0.05) is 18.2 Å². The molecule has 1 aliphatic carbocycles. The van der Waals surface area contributed by atoms with Crippen molar-refractivity contribution >= 4 is 12.0 Å². The summed E-state index contributed by atoms with van der Waals surface area (Å²) in [6.07, 6.45) is -8.09. The van der Waals surface area contributed by atoms with Crippen LogP contribution in [0.25, 0.3) is 0 Å². The topological polar surface area (TPSA) is 67.4 Å². The Balaban J connectivity index is 1.93. The van der Waals surface area contributed by atoms with Gasteiger partial charge in [0.15, 0.2) is 0 Å². The van der Waals surface area contributed by atoms with Gasteiger partial charge in [0.2, 0.25) is 0 Å². The molecule has 0 bridgehead atoms. The fraction of sp³-hybridized carbons (Fsp3) is 0.619. The second kappa shape index (κ2) is 9.58. The Morgan fingerprint density at radius 3 is 1.84 bits per heavy atom. The quantitative estimate of drug-likeness (QED) is 0.571. The monoisotopic (exact) mass is 468 g/mol. The molecule has 2 rings (SSSR count). The van der Waals surface area contributed by atoms with Gasteiger partial charge in [-0.2, -0.15) is 26.3 Å². The van der Waals surface area contributed by atoms with E-state index in [2.05, 4.69) is 10.6 Å². The van der Waals surface area contributed by atoms with Crippen molar-refractivity contribution < 1.29 is 40.7 Å². The number of hydrogen-bond acceptors (Lipinski definition) is 3. The van der Waals surface area contributed by atoms with Gasteiger partial charge in [0.05, 0.1) is 11.1 Å². The molecule has 1 aromatic rings. The normalized spacial score (nSPS) is 19.9. The number of ether oxygens (including phenoxy) is 1. The largest absolute Gasteiger partial charge is 0.444 e. The third kappa shape index (κ3) is 7.90. The van der Waals surface area contributed by atoms with Crippen molar-refractivity contribution in [1.29, 1.82) is 0 Å². The molecular formula is C21H26F6N2O3. The summed E-state index contributed by atoms with van der Waals surface area (Å²) in [5.41, 5.74) is -4.40. The summed E-state index contributed by atoms with van der Waals surface area (Å²) in [6, 6.07) is 0.698. The number of carbonyl (C=O) groups excluding carboxylic acids is 2. The minimum Gasteiger partial charge on any atom is -0.444 e. The Labute approximate surface area is 181 Å². The van der Waals surface area contributed by atoms with Crippen LogP contribution in [0.15, 0.2) is 18.2 Å². The maximum Gasteiger partial charge on any atom is 0.416 e. The van der Waals surface area contributed by atoms with Gasteiger partial charge in [-0.15, -0.1) is 0 Å². The van der Waals surface area contributed by atoms with Crippen molar-refractivity contribution in [3.05, 3.63) is 34.9 Å². The van der Waals surface area contributed by atoms with Crippen LogP contribution in [0.5, 0.6) is 0 Å². The van der Waals surface area contributed by atoms with Gasteiger partial charge in [-0.3, -0.25) is 4.79 Å². The lowest BCUT2D eigenvalue weighted by molar-refractivity contribution is -0.143. The van der Waals surface area contributed by atoms with Crippen LogP contribution in [0.1, 0.15) is 67.9 Å². The van der Waals surface area contributed by atoms with Gasteiger partial charge in [-0.1, -0.05) is 0 Å². The highest BCUT2D eigenvalue weighted by atomic mass is 19.4. The van der Waals surface area contributed by atoms with E-state index in [0.29, 0.717) is 37.8 Å². The maximum atomic E-state index is 13.0. The molecule has 0 aromatic heterocycles. The van der Waals surface area contributed by atoms with Gasteiger partial charge in [0.1, 0.15) is 5.60 Å². The summed E-state index contributed by atoms with van der Waals surface area (Å²) >= 11 is 0. The highest BCUT2D eigenvalue weighted by Crippen LogP contribution is 2.36. The van der Waals surface area contributed by atoms with Gasteiger partial charge < -0.3 is 15.4 Å². The van der Waals surface area contributed by atoms with E-state index in [-0.39, 0.29) is 24.6 Å². The molecular weight excluding hydrogens is 442 g/mol. The van der Waals surface area contributed by atoms with Crippen LogP contribution in [0.3, 0.4) is 0 Å². The van der Waals surface area contributed by atoms with Crippen molar-refractivity contribution in [2.75, 3.05) is 6.54 Å². The van der Waals surface area contributed by atoms with Crippen LogP contribution in [-0.4, -0.2) is 30.2 Å². The van der Waals surface area contributed by atoms with Crippen molar-refractivity contribution in [3.63, 3.8) is 0 Å². The highest BCUT2D eigenvalue weighted by Gasteiger charge is 2.37. The van der Waals surface area contributed by atoms with Crippen LogP contribution in [0, 0.1) is 5.92 Å². The summed E-state index contributed by atoms with van der Waals surface area (Å²) < 4.78 is 82.9. The zero-order valence-electron chi connectivity index (χ0n) is 17.9. The van der Waals surface area contributed by atoms with Crippen molar-refractivity contribution in [2.24, 2.45) is 5.92 Å². The number of alkyl carbamates (subject to hydrolysis) is 1. The van der Waals surface area contributed by atoms with Gasteiger partial charge in [-0.25, -0.2) is 4.79 Å². The van der Waals surface area contributed by atoms with E-state index in [0.717, 1.165) is 0 Å². The summed E-state index contributed by atoms with van der Waals surface area (Å²) in [6.45, 7) is 5.34. The number of carbonyl (C=O) groups is 2. The Hall–Kier alpha value is -2.46. The minimum atomic E-state index is -5.02. The number of alkyl halides is 6. The number of amides is 2. The molecule has 32 heavy (non-hydrogen) atoms. The summed E-state index contributed by atoms with van der Waals surface area (Å²) in [4.78, 5) is 24.1. The first kappa shape index (κ1) is 25.8. The fourth-order valence-electron chi connectivity index (χ4n) is 3.41. The van der Waals surface area contributed by atoms with Gasteiger partial charge in [0.25, 0.3) is 5.91 Å². The molecule has 2 amide bonds. The van der Waals surface area contributed by atoms with E-state index in [1.54, 1.807) is 20.8 Å². The third-order valence-corrected chi connectivity index (χ3v) is 4.97. The molecule has 1 fully saturated rings. The molecule has 0 heterocycles. The average molecular weight is 468 g/mol. The fourth-order valence-corrected chi connectivity index (χ4v) is 3.41. The molecule has 180 valence electrons. The second-order valence-electron chi connectivity index (χ2n) is 8.87. The smallest absolute Gasteiger partial charge is 0.416 e. The van der Waals surface area contributed by atoms with Crippen LogP contribution in [0.2, 0.25) is 0 Å². The van der Waals surface area contributed by atoms with Crippen LogP contribution in [-0.2, 0) is 17.1 Å². The predicted octanol–water partition coefficient (Wildman–Crippen LogP) is 5.54. The van der Waals surface area contributed by atoms with Crippen molar-refractivity contribution in [3.8, 4) is 0 Å². The van der Waals surface area contributed by atoms with E-state index in [1.165, 1.54) is 0 Å². The average Bonchev–Trinajstić information content (AvgIpc) is 2.64. The molecule has 0 unspecified atom stereocenters. The first-order chi connectivity index (χ1) is 14.5. The Bertz CT molecular complexity index is 790. The first-order valence-electron chi connectivity index (χ1n) is 10.1. The van der Waals surface area contributed by atoms with Crippen molar-refractivity contribution in [2.45, 2.75) is 70.4 Å². The molecule has 0 aliphatic heterocycles. The number of nitrogens with one attached hydrogen (secondary N) is 2. The summed E-state index contributed by atoms with van der Waals surface area (Å²) in [7, 11) is 0. The lowest BCUT2D eigenvalue weighted by atomic mass is 9.86. The number of hydrogen-bond donors (Lipinski definition) is 2. The summed E-state index contributed by atoms with van der Waals surface area (Å²) in [5, 5.41) is 5.19. The Morgan fingerprint density at radius 2 is 1.41 bits per heavy atom. The zero-order valence-corrected chi connectivity index (χ0v) is 17.9. The van der Waals surface area contributed by atoms with Gasteiger partial charge >= 0.3 is 18.4 Å². The second-order valence-corrected chi connectivity index (χ2v) is 8.87. The van der Waals surface area contributed by atoms with E-state index < -0.39 is 46.6 Å². The molecule has 0 radical (unpaired) electrons. The molecule has 11 heteroatoms. The maximum absolute atomic E-state index is 13.0.